The van der Waals surface area contributed by atoms with Gasteiger partial charge in [-0.05, 0) is 42.3 Å². The number of carbonyl (C=O) groups is 2. The number of carboxylic acid groups (broad SMARTS) is 1. The molecule has 0 unspecified atom stereocenters. The Labute approximate surface area is 131 Å². The van der Waals surface area contributed by atoms with Crippen molar-refractivity contribution in [3.63, 3.8) is 0 Å². The summed E-state index contributed by atoms with van der Waals surface area (Å²) in [5, 5.41) is 11.9. The first-order chi connectivity index (χ1) is 10.5. The summed E-state index contributed by atoms with van der Waals surface area (Å²) in [5.74, 6) is -1.88. The van der Waals surface area contributed by atoms with Gasteiger partial charge in [0.15, 0.2) is 0 Å². The Morgan fingerprint density at radius 1 is 1.18 bits per heavy atom. The lowest BCUT2D eigenvalue weighted by molar-refractivity contribution is -0.116. The van der Waals surface area contributed by atoms with E-state index in [0.717, 1.165) is 0 Å². The average Bonchev–Trinajstić information content (AvgIpc) is 2.45. The van der Waals surface area contributed by atoms with Crippen LogP contribution in [-0.2, 0) is 11.2 Å². The number of hydrogen-bond acceptors (Lipinski definition) is 2. The number of aryl methyl sites for hydroxylation is 1. The van der Waals surface area contributed by atoms with E-state index in [1.54, 1.807) is 12.1 Å². The summed E-state index contributed by atoms with van der Waals surface area (Å²) in [4.78, 5) is 23.0. The standard InChI is InChI=1S/C16H13ClFNO3/c17-11-5-6-13(16(21)22)14(9-11)19-15(20)7-4-10-2-1-3-12(18)8-10/h1-3,5-6,8-9H,4,7H2,(H,19,20)(H,21,22). The Morgan fingerprint density at radius 3 is 2.64 bits per heavy atom. The third kappa shape index (κ3) is 4.30. The zero-order chi connectivity index (χ0) is 16.1. The van der Waals surface area contributed by atoms with Crippen LogP contribution in [0.3, 0.4) is 0 Å². The Kier molecular flexibility index (Phi) is 5.12. The predicted molar refractivity (Wildman–Crippen MR) is 81.8 cm³/mol. The van der Waals surface area contributed by atoms with Gasteiger partial charge in [-0.15, -0.1) is 0 Å². The first kappa shape index (κ1) is 16.0. The maximum Gasteiger partial charge on any atom is 0.337 e. The van der Waals surface area contributed by atoms with Crippen molar-refractivity contribution < 1.29 is 19.1 Å². The molecule has 0 fully saturated rings. The van der Waals surface area contributed by atoms with Crippen molar-refractivity contribution in [1.29, 1.82) is 0 Å². The topological polar surface area (TPSA) is 66.4 Å². The summed E-state index contributed by atoms with van der Waals surface area (Å²) >= 11 is 5.81. The Balaban J connectivity index is 2.03. The summed E-state index contributed by atoms with van der Waals surface area (Å²) in [6.45, 7) is 0. The summed E-state index contributed by atoms with van der Waals surface area (Å²) in [6.07, 6.45) is 0.460. The molecule has 0 spiro atoms. The van der Waals surface area contributed by atoms with Gasteiger partial charge in [-0.25, -0.2) is 9.18 Å². The normalized spacial score (nSPS) is 10.3. The third-order valence-corrected chi connectivity index (χ3v) is 3.25. The molecule has 2 aromatic rings. The van der Waals surface area contributed by atoms with Gasteiger partial charge < -0.3 is 10.4 Å². The van der Waals surface area contributed by atoms with E-state index in [4.69, 9.17) is 16.7 Å². The molecule has 0 aliphatic heterocycles. The van der Waals surface area contributed by atoms with Crippen LogP contribution in [0.15, 0.2) is 42.5 Å². The number of nitrogens with one attached hydrogen (secondary N) is 1. The highest BCUT2D eigenvalue weighted by Gasteiger charge is 2.13. The fourth-order valence-electron chi connectivity index (χ4n) is 1.97. The second-order valence-corrected chi connectivity index (χ2v) is 5.11. The van der Waals surface area contributed by atoms with Crippen LogP contribution in [0, 0.1) is 5.82 Å². The van der Waals surface area contributed by atoms with E-state index in [1.165, 1.54) is 30.3 Å². The van der Waals surface area contributed by atoms with Gasteiger partial charge in [-0.1, -0.05) is 23.7 Å². The van der Waals surface area contributed by atoms with Gasteiger partial charge in [0.2, 0.25) is 5.91 Å². The zero-order valence-corrected chi connectivity index (χ0v) is 12.2. The van der Waals surface area contributed by atoms with E-state index in [0.29, 0.717) is 17.0 Å². The van der Waals surface area contributed by atoms with Crippen LogP contribution in [0.2, 0.25) is 5.02 Å². The molecule has 0 saturated heterocycles. The molecule has 22 heavy (non-hydrogen) atoms. The van der Waals surface area contributed by atoms with Crippen molar-refractivity contribution >= 4 is 29.2 Å². The van der Waals surface area contributed by atoms with Crippen molar-refractivity contribution in [3.8, 4) is 0 Å². The summed E-state index contributed by atoms with van der Waals surface area (Å²) in [7, 11) is 0. The number of amides is 1. The molecular formula is C16H13ClFNO3. The van der Waals surface area contributed by atoms with E-state index in [-0.39, 0.29) is 29.4 Å². The third-order valence-electron chi connectivity index (χ3n) is 3.02. The van der Waals surface area contributed by atoms with Crippen molar-refractivity contribution in [2.75, 3.05) is 5.32 Å². The number of carbonyl (C=O) groups excluding carboxylic acids is 1. The lowest BCUT2D eigenvalue weighted by atomic mass is 10.1. The molecule has 6 heteroatoms. The first-order valence-corrected chi connectivity index (χ1v) is 6.90. The number of anilines is 1. The fourth-order valence-corrected chi connectivity index (χ4v) is 2.14. The second-order valence-electron chi connectivity index (χ2n) is 4.67. The van der Waals surface area contributed by atoms with Crippen LogP contribution in [0.5, 0.6) is 0 Å². The molecule has 0 aliphatic carbocycles. The first-order valence-electron chi connectivity index (χ1n) is 6.53. The van der Waals surface area contributed by atoms with Crippen molar-refractivity contribution in [3.05, 3.63) is 64.4 Å². The number of benzene rings is 2. The van der Waals surface area contributed by atoms with Gasteiger partial charge in [-0.2, -0.15) is 0 Å². The number of halogens is 2. The second kappa shape index (κ2) is 7.04. The van der Waals surface area contributed by atoms with Crippen molar-refractivity contribution in [2.24, 2.45) is 0 Å². The molecule has 2 rings (SSSR count). The molecule has 2 N–H and O–H groups in total. The molecule has 4 nitrogen and oxygen atoms in total. The summed E-state index contributed by atoms with van der Waals surface area (Å²) < 4.78 is 13.0. The smallest absolute Gasteiger partial charge is 0.337 e. The van der Waals surface area contributed by atoms with E-state index < -0.39 is 5.97 Å². The molecular weight excluding hydrogens is 309 g/mol. The van der Waals surface area contributed by atoms with Gasteiger partial charge in [0.05, 0.1) is 11.3 Å². The lowest BCUT2D eigenvalue weighted by Crippen LogP contribution is -2.15. The highest BCUT2D eigenvalue weighted by Crippen LogP contribution is 2.21. The molecule has 0 aromatic heterocycles. The Bertz CT molecular complexity index is 718. The number of hydrogen-bond donors (Lipinski definition) is 2. The Morgan fingerprint density at radius 2 is 1.95 bits per heavy atom. The van der Waals surface area contributed by atoms with Crippen LogP contribution in [-0.4, -0.2) is 17.0 Å². The van der Waals surface area contributed by atoms with E-state index in [9.17, 15) is 14.0 Å². The van der Waals surface area contributed by atoms with Gasteiger partial charge >= 0.3 is 5.97 Å². The molecule has 114 valence electrons. The van der Waals surface area contributed by atoms with E-state index in [1.807, 2.05) is 0 Å². The minimum atomic E-state index is -1.16. The minimum Gasteiger partial charge on any atom is -0.478 e. The van der Waals surface area contributed by atoms with Crippen molar-refractivity contribution in [1.82, 2.24) is 0 Å². The molecule has 1 amide bonds. The Hall–Kier alpha value is -2.40. The van der Waals surface area contributed by atoms with Gasteiger partial charge in [0.1, 0.15) is 5.82 Å². The van der Waals surface area contributed by atoms with Crippen LogP contribution in [0.1, 0.15) is 22.3 Å². The van der Waals surface area contributed by atoms with Gasteiger partial charge in [0.25, 0.3) is 0 Å². The lowest BCUT2D eigenvalue weighted by Gasteiger charge is -2.09. The maximum atomic E-state index is 13.0. The molecule has 0 saturated carbocycles. The highest BCUT2D eigenvalue weighted by molar-refractivity contribution is 6.31. The predicted octanol–water partition coefficient (Wildman–Crippen LogP) is 3.75. The van der Waals surface area contributed by atoms with Gasteiger partial charge in [0, 0.05) is 11.4 Å². The number of aromatic carboxylic acids is 1. The average molecular weight is 322 g/mol. The molecule has 0 aliphatic rings. The van der Waals surface area contributed by atoms with Crippen LogP contribution in [0.4, 0.5) is 10.1 Å². The quantitative estimate of drug-likeness (QED) is 0.881. The van der Waals surface area contributed by atoms with Crippen LogP contribution < -0.4 is 5.32 Å². The summed E-state index contributed by atoms with van der Waals surface area (Å²) in [5.41, 5.74) is 0.799. The minimum absolute atomic E-state index is 0.0384. The largest absolute Gasteiger partial charge is 0.478 e. The monoisotopic (exact) mass is 321 g/mol. The van der Waals surface area contributed by atoms with Crippen LogP contribution in [0.25, 0.3) is 0 Å². The van der Waals surface area contributed by atoms with Crippen LogP contribution >= 0.6 is 11.6 Å². The van der Waals surface area contributed by atoms with Gasteiger partial charge in [-0.3, -0.25) is 4.79 Å². The highest BCUT2D eigenvalue weighted by atomic mass is 35.5. The number of carboxylic acids is 1. The zero-order valence-electron chi connectivity index (χ0n) is 11.5. The maximum absolute atomic E-state index is 13.0. The number of rotatable bonds is 5. The van der Waals surface area contributed by atoms with E-state index in [2.05, 4.69) is 5.32 Å². The summed E-state index contributed by atoms with van der Waals surface area (Å²) in [6, 6.07) is 10.1. The molecule has 2 aromatic carbocycles. The SMILES string of the molecule is O=C(CCc1cccc(F)c1)Nc1cc(Cl)ccc1C(=O)O. The fraction of sp³-hybridized carbons (Fsp3) is 0.125. The van der Waals surface area contributed by atoms with E-state index >= 15 is 0 Å². The molecule has 0 radical (unpaired) electrons. The molecule has 0 atom stereocenters. The molecule has 0 heterocycles. The van der Waals surface area contributed by atoms with Crippen molar-refractivity contribution in [2.45, 2.75) is 12.8 Å². The molecule has 0 bridgehead atoms.